The highest BCUT2D eigenvalue weighted by molar-refractivity contribution is 5.87. The molecule has 0 saturated carbocycles. The minimum absolute atomic E-state index is 0.163. The molecule has 5 nitrogen and oxygen atoms in total. The minimum Gasteiger partial charge on any atom is -0.508 e. The zero-order valence-corrected chi connectivity index (χ0v) is 11.8. The second kappa shape index (κ2) is 5.42. The minimum atomic E-state index is -0.958. The highest BCUT2D eigenvalue weighted by Crippen LogP contribution is 2.25. The van der Waals surface area contributed by atoms with Gasteiger partial charge in [-0.25, -0.2) is 0 Å². The first-order chi connectivity index (χ1) is 9.33. The van der Waals surface area contributed by atoms with E-state index in [0.29, 0.717) is 13.0 Å². The molecule has 110 valence electrons. The molecule has 1 aromatic rings. The second-order valence-corrected chi connectivity index (χ2v) is 5.88. The number of carbonyl (C=O) groups excluding carboxylic acids is 1. The van der Waals surface area contributed by atoms with Crippen molar-refractivity contribution >= 4 is 5.91 Å². The van der Waals surface area contributed by atoms with Gasteiger partial charge in [0.2, 0.25) is 5.91 Å². The predicted octanol–water partition coefficient (Wildman–Crippen LogP) is 0.937. The summed E-state index contributed by atoms with van der Waals surface area (Å²) in [4.78, 5) is 12.3. The average Bonchev–Trinajstić information content (AvgIpc) is 2.84. The number of nitrogens with one attached hydrogen (secondary N) is 1. The van der Waals surface area contributed by atoms with Gasteiger partial charge in [0.1, 0.15) is 11.4 Å². The van der Waals surface area contributed by atoms with Gasteiger partial charge >= 0.3 is 0 Å². The third kappa shape index (κ3) is 3.11. The number of aliphatic hydroxyl groups is 1. The molecule has 1 aromatic carbocycles. The Balaban J connectivity index is 2.01. The zero-order valence-electron chi connectivity index (χ0n) is 11.8. The van der Waals surface area contributed by atoms with E-state index in [0.717, 1.165) is 5.56 Å². The molecule has 0 radical (unpaired) electrons. The maximum Gasteiger partial charge on any atom is 0.230 e. The lowest BCUT2D eigenvalue weighted by Gasteiger charge is -2.27. The van der Waals surface area contributed by atoms with Crippen LogP contribution in [0.2, 0.25) is 0 Å². The van der Waals surface area contributed by atoms with Crippen LogP contribution in [0, 0.1) is 0 Å². The van der Waals surface area contributed by atoms with Crippen molar-refractivity contribution in [3.8, 4) is 5.75 Å². The van der Waals surface area contributed by atoms with Gasteiger partial charge in [0.05, 0.1) is 12.0 Å². The number of aromatic hydroxyl groups is 1. The third-order valence-corrected chi connectivity index (χ3v) is 3.82. The fraction of sp³-hybridized carbons (Fsp3) is 0.533. The van der Waals surface area contributed by atoms with Crippen LogP contribution in [-0.4, -0.2) is 41.5 Å². The van der Waals surface area contributed by atoms with Gasteiger partial charge in [-0.2, -0.15) is 0 Å². The predicted molar refractivity (Wildman–Crippen MR) is 74.5 cm³/mol. The topological polar surface area (TPSA) is 78.8 Å². The van der Waals surface area contributed by atoms with Crippen molar-refractivity contribution in [1.29, 1.82) is 0 Å². The summed E-state index contributed by atoms with van der Waals surface area (Å²) in [5, 5.41) is 22.2. The molecule has 0 spiro atoms. The smallest absolute Gasteiger partial charge is 0.230 e. The quantitative estimate of drug-likeness (QED) is 0.766. The first-order valence-electron chi connectivity index (χ1n) is 6.71. The van der Waals surface area contributed by atoms with Gasteiger partial charge in [0.25, 0.3) is 0 Å². The van der Waals surface area contributed by atoms with Crippen molar-refractivity contribution in [3.05, 3.63) is 29.8 Å². The normalized spacial score (nSPS) is 22.8. The Labute approximate surface area is 118 Å². The van der Waals surface area contributed by atoms with Crippen molar-refractivity contribution in [3.63, 3.8) is 0 Å². The van der Waals surface area contributed by atoms with Crippen molar-refractivity contribution in [1.82, 2.24) is 5.32 Å². The van der Waals surface area contributed by atoms with Crippen LogP contribution in [0.4, 0.5) is 0 Å². The van der Waals surface area contributed by atoms with Crippen molar-refractivity contribution in [2.24, 2.45) is 0 Å². The molecule has 1 fully saturated rings. The number of hydrogen-bond acceptors (Lipinski definition) is 4. The number of rotatable bonds is 4. The number of phenols is 1. The van der Waals surface area contributed by atoms with E-state index in [2.05, 4.69) is 5.32 Å². The highest BCUT2D eigenvalue weighted by Gasteiger charge is 2.35. The molecule has 0 aromatic heterocycles. The molecule has 1 amide bonds. The molecule has 2 rings (SSSR count). The Morgan fingerprint density at radius 1 is 1.40 bits per heavy atom. The van der Waals surface area contributed by atoms with Gasteiger partial charge in [-0.1, -0.05) is 12.1 Å². The van der Waals surface area contributed by atoms with E-state index in [1.807, 2.05) is 13.8 Å². The summed E-state index contributed by atoms with van der Waals surface area (Å²) in [6, 6.07) is 6.57. The fourth-order valence-corrected chi connectivity index (χ4v) is 2.21. The summed E-state index contributed by atoms with van der Waals surface area (Å²) in [5.74, 6) is 0.00545. The monoisotopic (exact) mass is 279 g/mol. The van der Waals surface area contributed by atoms with E-state index >= 15 is 0 Å². The van der Waals surface area contributed by atoms with Gasteiger partial charge in [-0.15, -0.1) is 0 Å². The van der Waals surface area contributed by atoms with Gasteiger partial charge < -0.3 is 20.3 Å². The van der Waals surface area contributed by atoms with E-state index in [9.17, 15) is 15.0 Å². The first kappa shape index (κ1) is 14.8. The number of ether oxygens (including phenoxy) is 1. The molecular formula is C15H21NO4. The molecule has 5 heteroatoms. The highest BCUT2D eigenvalue weighted by atomic mass is 16.5. The van der Waals surface area contributed by atoms with Gasteiger partial charge in [0, 0.05) is 19.6 Å². The van der Waals surface area contributed by atoms with Crippen LogP contribution in [0.1, 0.15) is 25.8 Å². The summed E-state index contributed by atoms with van der Waals surface area (Å²) < 4.78 is 5.15. The third-order valence-electron chi connectivity index (χ3n) is 3.82. The van der Waals surface area contributed by atoms with E-state index < -0.39 is 11.0 Å². The lowest BCUT2D eigenvalue weighted by Crippen LogP contribution is -2.48. The summed E-state index contributed by atoms with van der Waals surface area (Å²) in [6.45, 7) is 4.59. The fourth-order valence-electron chi connectivity index (χ4n) is 2.21. The standard InChI is InChI=1S/C15H21NO4/c1-14(2,11-3-5-12(17)6-4-11)13(18)16-9-15(19)7-8-20-10-15/h3-6,17,19H,7-10H2,1-2H3,(H,16,18). The molecule has 20 heavy (non-hydrogen) atoms. The SMILES string of the molecule is CC(C)(C(=O)NCC1(O)CCOC1)c1ccc(O)cc1. The van der Waals surface area contributed by atoms with Crippen LogP contribution >= 0.6 is 0 Å². The second-order valence-electron chi connectivity index (χ2n) is 5.88. The van der Waals surface area contributed by atoms with Crippen LogP contribution in [-0.2, 0) is 14.9 Å². The number of carbonyl (C=O) groups is 1. The molecule has 1 unspecified atom stereocenters. The number of phenolic OH excluding ortho intramolecular Hbond substituents is 1. The molecule has 1 atom stereocenters. The maximum atomic E-state index is 12.3. The summed E-state index contributed by atoms with van der Waals surface area (Å²) >= 11 is 0. The van der Waals surface area contributed by atoms with Crippen LogP contribution in [0.25, 0.3) is 0 Å². The van der Waals surface area contributed by atoms with Crippen LogP contribution in [0.15, 0.2) is 24.3 Å². The maximum absolute atomic E-state index is 12.3. The average molecular weight is 279 g/mol. The molecule has 0 aliphatic carbocycles. The lowest BCUT2D eigenvalue weighted by molar-refractivity contribution is -0.127. The Hall–Kier alpha value is -1.59. The summed E-state index contributed by atoms with van der Waals surface area (Å²) in [6.07, 6.45) is 0.535. The number of amides is 1. The lowest BCUT2D eigenvalue weighted by atomic mass is 9.83. The van der Waals surface area contributed by atoms with Crippen molar-refractivity contribution in [2.45, 2.75) is 31.3 Å². The van der Waals surface area contributed by atoms with Gasteiger partial charge in [0.15, 0.2) is 0 Å². The first-order valence-corrected chi connectivity index (χ1v) is 6.71. The summed E-state index contributed by atoms with van der Waals surface area (Å²) in [7, 11) is 0. The van der Waals surface area contributed by atoms with Crippen LogP contribution in [0.5, 0.6) is 5.75 Å². The Kier molecular flexibility index (Phi) is 4.01. The van der Waals surface area contributed by atoms with Gasteiger partial charge in [-0.05, 0) is 31.5 Å². The zero-order chi connectivity index (χ0) is 14.8. The number of hydrogen-bond donors (Lipinski definition) is 3. The van der Waals surface area contributed by atoms with E-state index in [4.69, 9.17) is 4.74 Å². The largest absolute Gasteiger partial charge is 0.508 e. The van der Waals surface area contributed by atoms with E-state index in [1.165, 1.54) is 0 Å². The molecule has 1 aliphatic heterocycles. The van der Waals surface area contributed by atoms with Crippen LogP contribution < -0.4 is 5.32 Å². The molecule has 1 saturated heterocycles. The van der Waals surface area contributed by atoms with Crippen molar-refractivity contribution in [2.75, 3.05) is 19.8 Å². The summed E-state index contributed by atoms with van der Waals surface area (Å²) in [5.41, 5.74) is -0.882. The van der Waals surface area contributed by atoms with Crippen molar-refractivity contribution < 1.29 is 19.7 Å². The van der Waals surface area contributed by atoms with Crippen LogP contribution in [0.3, 0.4) is 0 Å². The van der Waals surface area contributed by atoms with E-state index in [1.54, 1.807) is 24.3 Å². The van der Waals surface area contributed by atoms with Gasteiger partial charge in [-0.3, -0.25) is 4.79 Å². The molecule has 1 heterocycles. The number of benzene rings is 1. The molecule has 1 aliphatic rings. The molecule has 3 N–H and O–H groups in total. The molecule has 0 bridgehead atoms. The Bertz CT molecular complexity index is 475. The Morgan fingerprint density at radius 3 is 2.60 bits per heavy atom. The Morgan fingerprint density at radius 2 is 2.05 bits per heavy atom. The van der Waals surface area contributed by atoms with E-state index in [-0.39, 0.29) is 24.8 Å². The molecular weight excluding hydrogens is 258 g/mol.